The quantitative estimate of drug-likeness (QED) is 0.702. The maximum Gasteiger partial charge on any atom is 0.129 e. The van der Waals surface area contributed by atoms with Crippen molar-refractivity contribution in [1.82, 2.24) is 9.97 Å². The van der Waals surface area contributed by atoms with Gasteiger partial charge in [-0.2, -0.15) is 0 Å². The topological polar surface area (TPSA) is 63.8 Å². The van der Waals surface area contributed by atoms with Crippen molar-refractivity contribution in [3.8, 4) is 0 Å². The minimum Gasteiger partial charge on any atom is -0.367 e. The van der Waals surface area contributed by atoms with Crippen LogP contribution in [0.15, 0.2) is 18.6 Å². The van der Waals surface area contributed by atoms with Crippen molar-refractivity contribution in [3.05, 3.63) is 18.6 Å². The zero-order valence-corrected chi connectivity index (χ0v) is 7.48. The van der Waals surface area contributed by atoms with E-state index in [1.54, 1.807) is 12.5 Å². The molecule has 2 atom stereocenters. The first-order valence-corrected chi connectivity index (χ1v) is 4.63. The van der Waals surface area contributed by atoms with E-state index in [1.165, 1.54) is 0 Å². The highest BCUT2D eigenvalue weighted by molar-refractivity contribution is 5.33. The molecule has 1 aliphatic carbocycles. The van der Waals surface area contributed by atoms with E-state index in [0.29, 0.717) is 12.1 Å². The highest BCUT2D eigenvalue weighted by Crippen LogP contribution is 2.20. The maximum atomic E-state index is 5.81. The second kappa shape index (κ2) is 3.70. The first kappa shape index (κ1) is 8.44. The fourth-order valence-corrected chi connectivity index (χ4v) is 1.73. The van der Waals surface area contributed by atoms with Gasteiger partial charge in [-0.3, -0.25) is 0 Å². The van der Waals surface area contributed by atoms with Gasteiger partial charge in [0, 0.05) is 18.3 Å². The number of nitrogens with two attached hydrogens (primary N) is 1. The smallest absolute Gasteiger partial charge is 0.129 e. The van der Waals surface area contributed by atoms with Crippen LogP contribution in [0, 0.1) is 0 Å². The minimum atomic E-state index is 0.360. The minimum absolute atomic E-state index is 0.360. The molecule has 1 saturated carbocycles. The van der Waals surface area contributed by atoms with Crippen LogP contribution in [0.5, 0.6) is 0 Å². The summed E-state index contributed by atoms with van der Waals surface area (Å²) in [5.41, 5.74) is 5.81. The molecule has 13 heavy (non-hydrogen) atoms. The summed E-state index contributed by atoms with van der Waals surface area (Å²) in [6.45, 7) is 0. The van der Waals surface area contributed by atoms with Crippen LogP contribution in [-0.2, 0) is 0 Å². The molecular weight excluding hydrogens is 164 g/mol. The van der Waals surface area contributed by atoms with E-state index in [1.807, 2.05) is 6.07 Å². The Kier molecular flexibility index (Phi) is 2.40. The Bertz CT molecular complexity index is 262. The summed E-state index contributed by atoms with van der Waals surface area (Å²) >= 11 is 0. The molecule has 0 aliphatic heterocycles. The van der Waals surface area contributed by atoms with Crippen LogP contribution in [-0.4, -0.2) is 22.1 Å². The van der Waals surface area contributed by atoms with E-state index in [9.17, 15) is 0 Å². The third-order valence-corrected chi connectivity index (χ3v) is 2.41. The van der Waals surface area contributed by atoms with Crippen LogP contribution in [0.25, 0.3) is 0 Å². The molecule has 1 aliphatic rings. The summed E-state index contributed by atoms with van der Waals surface area (Å²) in [7, 11) is 0. The van der Waals surface area contributed by atoms with E-state index < -0.39 is 0 Å². The first-order chi connectivity index (χ1) is 6.34. The van der Waals surface area contributed by atoms with Gasteiger partial charge in [0.15, 0.2) is 0 Å². The average molecular weight is 178 g/mol. The van der Waals surface area contributed by atoms with Gasteiger partial charge < -0.3 is 11.1 Å². The molecule has 0 amide bonds. The van der Waals surface area contributed by atoms with Gasteiger partial charge in [0.25, 0.3) is 0 Å². The highest BCUT2D eigenvalue weighted by atomic mass is 15.0. The monoisotopic (exact) mass is 178 g/mol. The van der Waals surface area contributed by atoms with Crippen LogP contribution in [0.3, 0.4) is 0 Å². The fourth-order valence-electron chi connectivity index (χ4n) is 1.73. The normalized spacial score (nSPS) is 27.5. The Balaban J connectivity index is 1.92. The van der Waals surface area contributed by atoms with Crippen LogP contribution < -0.4 is 11.1 Å². The second-order valence-electron chi connectivity index (χ2n) is 3.51. The van der Waals surface area contributed by atoms with E-state index >= 15 is 0 Å². The SMILES string of the molecule is NC1CCC(Nc2ccncn2)C1. The molecule has 1 aromatic heterocycles. The summed E-state index contributed by atoms with van der Waals surface area (Å²) in [5.74, 6) is 0.897. The summed E-state index contributed by atoms with van der Waals surface area (Å²) < 4.78 is 0. The van der Waals surface area contributed by atoms with E-state index in [0.717, 1.165) is 25.1 Å². The molecule has 4 heteroatoms. The van der Waals surface area contributed by atoms with E-state index in [4.69, 9.17) is 5.73 Å². The first-order valence-electron chi connectivity index (χ1n) is 4.63. The van der Waals surface area contributed by atoms with Gasteiger partial charge >= 0.3 is 0 Å². The Morgan fingerprint density at radius 2 is 2.38 bits per heavy atom. The Hall–Kier alpha value is -1.16. The number of anilines is 1. The van der Waals surface area contributed by atoms with Crippen molar-refractivity contribution in [2.75, 3.05) is 5.32 Å². The zero-order valence-electron chi connectivity index (χ0n) is 7.48. The second-order valence-corrected chi connectivity index (χ2v) is 3.51. The Morgan fingerprint density at radius 3 is 3.00 bits per heavy atom. The van der Waals surface area contributed by atoms with Crippen molar-refractivity contribution in [2.24, 2.45) is 5.73 Å². The number of nitrogens with zero attached hydrogens (tertiary/aromatic N) is 2. The summed E-state index contributed by atoms with van der Waals surface area (Å²) in [6, 6.07) is 2.73. The highest BCUT2D eigenvalue weighted by Gasteiger charge is 2.21. The fraction of sp³-hybridized carbons (Fsp3) is 0.556. The van der Waals surface area contributed by atoms with Crippen LogP contribution in [0.2, 0.25) is 0 Å². The number of rotatable bonds is 2. The molecule has 0 radical (unpaired) electrons. The molecule has 0 bridgehead atoms. The molecule has 1 heterocycles. The van der Waals surface area contributed by atoms with Gasteiger partial charge in [-0.15, -0.1) is 0 Å². The number of nitrogens with one attached hydrogen (secondary N) is 1. The Morgan fingerprint density at radius 1 is 1.46 bits per heavy atom. The molecule has 70 valence electrons. The number of hydrogen-bond acceptors (Lipinski definition) is 4. The van der Waals surface area contributed by atoms with Gasteiger partial charge in [0.2, 0.25) is 0 Å². The molecule has 4 nitrogen and oxygen atoms in total. The molecular formula is C9H14N4. The Labute approximate surface area is 77.6 Å². The lowest BCUT2D eigenvalue weighted by Gasteiger charge is -2.11. The molecule has 0 saturated heterocycles. The zero-order chi connectivity index (χ0) is 9.10. The van der Waals surface area contributed by atoms with E-state index in [2.05, 4.69) is 15.3 Å². The predicted molar refractivity (Wildman–Crippen MR) is 51.3 cm³/mol. The van der Waals surface area contributed by atoms with Crippen LogP contribution in [0.4, 0.5) is 5.82 Å². The number of hydrogen-bond donors (Lipinski definition) is 2. The molecule has 0 aromatic carbocycles. The molecule has 3 N–H and O–H groups in total. The van der Waals surface area contributed by atoms with Gasteiger partial charge in [-0.05, 0) is 25.3 Å². The summed E-state index contributed by atoms with van der Waals surface area (Å²) in [4.78, 5) is 7.96. The van der Waals surface area contributed by atoms with Crippen LogP contribution >= 0.6 is 0 Å². The van der Waals surface area contributed by atoms with Crippen molar-refractivity contribution < 1.29 is 0 Å². The van der Waals surface area contributed by atoms with Crippen molar-refractivity contribution in [2.45, 2.75) is 31.3 Å². The van der Waals surface area contributed by atoms with Gasteiger partial charge in [-0.1, -0.05) is 0 Å². The summed E-state index contributed by atoms with van der Waals surface area (Å²) in [6.07, 6.45) is 6.60. The third kappa shape index (κ3) is 2.15. The molecule has 1 aromatic rings. The molecule has 2 unspecified atom stereocenters. The average Bonchev–Trinajstić information content (AvgIpc) is 2.53. The van der Waals surface area contributed by atoms with Gasteiger partial charge in [0.05, 0.1) is 0 Å². The largest absolute Gasteiger partial charge is 0.367 e. The maximum absolute atomic E-state index is 5.81. The molecule has 2 rings (SSSR count). The third-order valence-electron chi connectivity index (χ3n) is 2.41. The number of aromatic nitrogens is 2. The summed E-state index contributed by atoms with van der Waals surface area (Å²) in [5, 5.41) is 3.34. The van der Waals surface area contributed by atoms with Gasteiger partial charge in [-0.25, -0.2) is 9.97 Å². The van der Waals surface area contributed by atoms with Crippen molar-refractivity contribution in [1.29, 1.82) is 0 Å². The van der Waals surface area contributed by atoms with Crippen molar-refractivity contribution in [3.63, 3.8) is 0 Å². The molecule has 0 spiro atoms. The lowest BCUT2D eigenvalue weighted by molar-refractivity contribution is 0.686. The standard InChI is InChI=1S/C9H14N4/c10-7-1-2-8(5-7)13-9-3-4-11-6-12-9/h3-4,6-8H,1-2,5,10H2,(H,11,12,13). The van der Waals surface area contributed by atoms with Crippen LogP contribution in [0.1, 0.15) is 19.3 Å². The molecule has 1 fully saturated rings. The predicted octanol–water partition coefficient (Wildman–Crippen LogP) is 0.768. The van der Waals surface area contributed by atoms with E-state index in [-0.39, 0.29) is 0 Å². The lowest BCUT2D eigenvalue weighted by atomic mass is 10.2. The van der Waals surface area contributed by atoms with Gasteiger partial charge in [0.1, 0.15) is 12.1 Å². The van der Waals surface area contributed by atoms with Crippen molar-refractivity contribution >= 4 is 5.82 Å². The lowest BCUT2D eigenvalue weighted by Crippen LogP contribution is -2.21.